The minimum Gasteiger partial charge on any atom is -0.493 e. The maximum atomic E-state index is 13.8. The van der Waals surface area contributed by atoms with E-state index in [1.54, 1.807) is 33.5 Å². The van der Waals surface area contributed by atoms with Gasteiger partial charge in [0.1, 0.15) is 5.82 Å². The first-order valence-corrected chi connectivity index (χ1v) is 10.9. The van der Waals surface area contributed by atoms with E-state index >= 15 is 0 Å². The van der Waals surface area contributed by atoms with Crippen molar-refractivity contribution < 1.29 is 23.3 Å². The summed E-state index contributed by atoms with van der Waals surface area (Å²) >= 11 is 0. The Balaban J connectivity index is 1.65. The number of ether oxygens (including phenoxy) is 4. The summed E-state index contributed by atoms with van der Waals surface area (Å²) in [6, 6.07) is 8.78. The van der Waals surface area contributed by atoms with Crippen LogP contribution in [0.1, 0.15) is 29.7 Å². The van der Waals surface area contributed by atoms with Crippen LogP contribution in [0.3, 0.4) is 0 Å². The fraction of sp³-hybridized carbons (Fsp3) is 0.440. The lowest BCUT2D eigenvalue weighted by Gasteiger charge is -2.26. The Kier molecular flexibility index (Phi) is 6.86. The molecule has 1 aliphatic heterocycles. The van der Waals surface area contributed by atoms with Gasteiger partial charge in [-0.1, -0.05) is 6.07 Å². The topological polar surface area (TPSA) is 56.0 Å². The molecule has 3 aromatic rings. The van der Waals surface area contributed by atoms with Crippen molar-refractivity contribution in [3.63, 3.8) is 0 Å². The number of aromatic amines is 1. The van der Waals surface area contributed by atoms with Crippen LogP contribution in [0.15, 0.2) is 30.3 Å². The van der Waals surface area contributed by atoms with Crippen molar-refractivity contribution in [2.75, 3.05) is 34.5 Å². The highest BCUT2D eigenvalue weighted by Gasteiger charge is 2.23. The number of fused-ring (bicyclic) bond motifs is 1. The fourth-order valence-electron chi connectivity index (χ4n) is 4.53. The van der Waals surface area contributed by atoms with Crippen LogP contribution in [0, 0.1) is 12.7 Å². The quantitative estimate of drug-likeness (QED) is 0.515. The Morgan fingerprint density at radius 2 is 1.88 bits per heavy atom. The van der Waals surface area contributed by atoms with Crippen molar-refractivity contribution in [1.29, 1.82) is 0 Å². The van der Waals surface area contributed by atoms with Crippen molar-refractivity contribution in [2.45, 2.75) is 39.0 Å². The predicted molar refractivity (Wildman–Crippen MR) is 122 cm³/mol. The number of nitrogens with zero attached hydrogens (tertiary/aromatic N) is 1. The van der Waals surface area contributed by atoms with Gasteiger partial charge >= 0.3 is 0 Å². The van der Waals surface area contributed by atoms with Crippen molar-refractivity contribution in [3.8, 4) is 17.2 Å². The van der Waals surface area contributed by atoms with Gasteiger partial charge < -0.3 is 23.9 Å². The zero-order valence-electron chi connectivity index (χ0n) is 19.2. The first-order valence-electron chi connectivity index (χ1n) is 10.9. The minimum absolute atomic E-state index is 0.197. The van der Waals surface area contributed by atoms with Gasteiger partial charge in [0.15, 0.2) is 11.5 Å². The van der Waals surface area contributed by atoms with Crippen LogP contribution in [0.4, 0.5) is 4.39 Å². The summed E-state index contributed by atoms with van der Waals surface area (Å²) in [4.78, 5) is 5.82. The lowest BCUT2D eigenvalue weighted by Crippen LogP contribution is -2.32. The maximum Gasteiger partial charge on any atom is 0.203 e. The van der Waals surface area contributed by atoms with E-state index in [4.69, 9.17) is 18.9 Å². The number of rotatable bonds is 9. The van der Waals surface area contributed by atoms with Gasteiger partial charge in [0, 0.05) is 48.4 Å². The number of nitrogens with one attached hydrogen (secondary N) is 1. The molecule has 1 saturated heterocycles. The second-order valence-corrected chi connectivity index (χ2v) is 8.22. The fourth-order valence-corrected chi connectivity index (χ4v) is 4.53. The van der Waals surface area contributed by atoms with Crippen molar-refractivity contribution in [2.24, 2.45) is 0 Å². The molecule has 1 aliphatic rings. The van der Waals surface area contributed by atoms with E-state index in [0.29, 0.717) is 30.3 Å². The number of H-pyrrole nitrogens is 1. The average Bonchev–Trinajstić information content (AvgIpc) is 3.41. The smallest absolute Gasteiger partial charge is 0.203 e. The van der Waals surface area contributed by atoms with Gasteiger partial charge in [0.05, 0.1) is 27.4 Å². The van der Waals surface area contributed by atoms with E-state index in [1.807, 2.05) is 19.1 Å². The Bertz CT molecular complexity index is 1080. The zero-order chi connectivity index (χ0) is 22.7. The molecule has 172 valence electrons. The molecule has 7 heteroatoms. The lowest BCUT2D eigenvalue weighted by molar-refractivity contribution is 0.0671. The van der Waals surface area contributed by atoms with E-state index in [2.05, 4.69) is 9.88 Å². The van der Waals surface area contributed by atoms with Crippen LogP contribution in [0.5, 0.6) is 17.2 Å². The standard InChI is InChI=1S/C25H31FN2O4/c1-16-20-12-18(26)8-9-21(20)27-22(16)15-28(14-19-6-5-11-32-19)13-17-7-10-23(29-2)25(31-4)24(17)30-3/h7-10,12,19,27H,5-6,11,13-15H2,1-4H3/t19-/m1/s1. The second-order valence-electron chi connectivity index (χ2n) is 8.22. The Hall–Kier alpha value is -2.77. The summed E-state index contributed by atoms with van der Waals surface area (Å²) < 4.78 is 36.4. The molecule has 0 radical (unpaired) electrons. The van der Waals surface area contributed by atoms with Gasteiger partial charge in [-0.25, -0.2) is 4.39 Å². The molecule has 0 saturated carbocycles. The van der Waals surface area contributed by atoms with Crippen LogP contribution < -0.4 is 14.2 Å². The first kappa shape index (κ1) is 22.4. The first-order chi connectivity index (χ1) is 15.5. The van der Waals surface area contributed by atoms with Crippen LogP contribution in [0.2, 0.25) is 0 Å². The predicted octanol–water partition coefficient (Wildman–Crippen LogP) is 4.82. The minimum atomic E-state index is -0.225. The maximum absolute atomic E-state index is 13.8. The number of hydrogen-bond donors (Lipinski definition) is 1. The van der Waals surface area contributed by atoms with Gasteiger partial charge in [-0.3, -0.25) is 4.90 Å². The molecule has 2 aromatic carbocycles. The highest BCUT2D eigenvalue weighted by atomic mass is 19.1. The second kappa shape index (κ2) is 9.79. The van der Waals surface area contributed by atoms with Crippen LogP contribution in [-0.4, -0.2) is 50.5 Å². The van der Waals surface area contributed by atoms with Gasteiger partial charge in [-0.15, -0.1) is 0 Å². The van der Waals surface area contributed by atoms with Crippen LogP contribution >= 0.6 is 0 Å². The SMILES string of the molecule is COc1ccc(CN(Cc2[nH]c3ccc(F)cc3c2C)C[C@H]2CCCO2)c(OC)c1OC. The highest BCUT2D eigenvalue weighted by Crippen LogP contribution is 2.40. The number of hydrogen-bond acceptors (Lipinski definition) is 5. The van der Waals surface area contributed by atoms with Gasteiger partial charge in [-0.05, 0) is 49.6 Å². The normalized spacial score (nSPS) is 16.1. The number of methoxy groups -OCH3 is 3. The van der Waals surface area contributed by atoms with Crippen molar-refractivity contribution in [1.82, 2.24) is 9.88 Å². The Morgan fingerprint density at radius 3 is 2.56 bits per heavy atom. The molecule has 2 heterocycles. The zero-order valence-corrected chi connectivity index (χ0v) is 19.2. The van der Waals surface area contributed by atoms with E-state index in [9.17, 15) is 4.39 Å². The van der Waals surface area contributed by atoms with E-state index < -0.39 is 0 Å². The monoisotopic (exact) mass is 442 g/mol. The number of halogens is 1. The lowest BCUT2D eigenvalue weighted by atomic mass is 10.1. The molecule has 1 fully saturated rings. The van der Waals surface area contributed by atoms with E-state index in [0.717, 1.165) is 53.7 Å². The molecular weight excluding hydrogens is 411 g/mol. The average molecular weight is 443 g/mol. The summed E-state index contributed by atoms with van der Waals surface area (Å²) in [6.45, 7) is 4.96. The van der Waals surface area contributed by atoms with E-state index in [1.165, 1.54) is 6.07 Å². The van der Waals surface area contributed by atoms with Crippen LogP contribution in [0.25, 0.3) is 10.9 Å². The third kappa shape index (κ3) is 4.54. The van der Waals surface area contributed by atoms with Crippen molar-refractivity contribution in [3.05, 3.63) is 53.0 Å². The van der Waals surface area contributed by atoms with E-state index in [-0.39, 0.29) is 11.9 Å². The molecule has 0 bridgehead atoms. The van der Waals surface area contributed by atoms with Crippen molar-refractivity contribution >= 4 is 10.9 Å². The summed E-state index contributed by atoms with van der Waals surface area (Å²) in [5.74, 6) is 1.66. The molecule has 32 heavy (non-hydrogen) atoms. The van der Waals surface area contributed by atoms with Gasteiger partial charge in [0.2, 0.25) is 5.75 Å². The third-order valence-electron chi connectivity index (χ3n) is 6.17. The molecule has 1 N–H and O–H groups in total. The molecule has 0 spiro atoms. The molecule has 6 nitrogen and oxygen atoms in total. The number of benzene rings is 2. The molecule has 0 aliphatic carbocycles. The molecule has 1 atom stereocenters. The summed E-state index contributed by atoms with van der Waals surface area (Å²) in [5, 5.41) is 0.917. The molecule has 0 unspecified atom stereocenters. The van der Waals surface area contributed by atoms with Gasteiger partial charge in [-0.2, -0.15) is 0 Å². The van der Waals surface area contributed by atoms with Crippen LogP contribution in [-0.2, 0) is 17.8 Å². The Labute approximate surface area is 188 Å². The summed E-state index contributed by atoms with van der Waals surface area (Å²) in [7, 11) is 4.87. The third-order valence-corrected chi connectivity index (χ3v) is 6.17. The molecule has 4 rings (SSSR count). The summed E-state index contributed by atoms with van der Waals surface area (Å²) in [6.07, 6.45) is 2.34. The molecule has 0 amide bonds. The molecular formula is C25H31FN2O4. The number of aryl methyl sites for hydroxylation is 1. The molecule has 1 aromatic heterocycles. The highest BCUT2D eigenvalue weighted by molar-refractivity contribution is 5.84. The van der Waals surface area contributed by atoms with Gasteiger partial charge in [0.25, 0.3) is 0 Å². The summed E-state index contributed by atoms with van der Waals surface area (Å²) in [5.41, 5.74) is 4.08. The Morgan fingerprint density at radius 1 is 1.06 bits per heavy atom. The largest absolute Gasteiger partial charge is 0.493 e. The number of aromatic nitrogens is 1.